The lowest BCUT2D eigenvalue weighted by Gasteiger charge is -2.18. The number of hydrogen-bond acceptors (Lipinski definition) is 5. The lowest BCUT2D eigenvalue weighted by atomic mass is 10.0. The summed E-state index contributed by atoms with van der Waals surface area (Å²) in [5.74, 6) is -0.306. The molecule has 0 radical (unpaired) electrons. The van der Waals surface area contributed by atoms with E-state index >= 15 is 0 Å². The van der Waals surface area contributed by atoms with Crippen molar-refractivity contribution in [2.24, 2.45) is 0 Å². The average molecular weight is 378 g/mol. The highest BCUT2D eigenvalue weighted by atomic mass is 32.1. The highest BCUT2D eigenvalue weighted by molar-refractivity contribution is 7.12. The first kappa shape index (κ1) is 17.0. The highest BCUT2D eigenvalue weighted by Crippen LogP contribution is 2.30. The van der Waals surface area contributed by atoms with Crippen LogP contribution in [0.5, 0.6) is 5.75 Å². The zero-order valence-corrected chi connectivity index (χ0v) is 14.8. The standard InChI is InChI=1S/C20H14N2O4S/c23-18-11-26-16-8-7-12(10-15(16)22-18)21-20(25)14-5-2-1-4-13(14)19(24)17-6-3-9-27-17/h1-10H,11H2,(H,21,25)(H,22,23). The van der Waals surface area contributed by atoms with Gasteiger partial charge in [0.15, 0.2) is 6.61 Å². The fourth-order valence-electron chi connectivity index (χ4n) is 2.78. The van der Waals surface area contributed by atoms with Gasteiger partial charge in [0.2, 0.25) is 5.78 Å². The number of hydrogen-bond donors (Lipinski definition) is 2. The third kappa shape index (κ3) is 3.45. The molecule has 2 amide bonds. The van der Waals surface area contributed by atoms with Gasteiger partial charge in [0, 0.05) is 11.3 Å². The van der Waals surface area contributed by atoms with Crippen molar-refractivity contribution in [2.75, 3.05) is 17.2 Å². The third-order valence-electron chi connectivity index (χ3n) is 4.03. The van der Waals surface area contributed by atoms with Gasteiger partial charge in [-0.3, -0.25) is 14.4 Å². The number of rotatable bonds is 4. The van der Waals surface area contributed by atoms with Gasteiger partial charge in [-0.15, -0.1) is 11.3 Å². The first-order valence-corrected chi connectivity index (χ1v) is 9.05. The molecule has 4 rings (SSSR count). The zero-order chi connectivity index (χ0) is 18.8. The Morgan fingerprint density at radius 2 is 1.85 bits per heavy atom. The van der Waals surface area contributed by atoms with Gasteiger partial charge in [-0.1, -0.05) is 24.3 Å². The Morgan fingerprint density at radius 3 is 2.63 bits per heavy atom. The van der Waals surface area contributed by atoms with Gasteiger partial charge in [-0.25, -0.2) is 0 Å². The molecule has 3 aromatic rings. The molecule has 2 N–H and O–H groups in total. The quantitative estimate of drug-likeness (QED) is 0.680. The fraction of sp³-hybridized carbons (Fsp3) is 0.0500. The van der Waals surface area contributed by atoms with Crippen LogP contribution in [0.3, 0.4) is 0 Å². The van der Waals surface area contributed by atoms with Crippen LogP contribution < -0.4 is 15.4 Å². The van der Waals surface area contributed by atoms with Gasteiger partial charge in [0.05, 0.1) is 16.1 Å². The van der Waals surface area contributed by atoms with Crippen LogP contribution in [0.2, 0.25) is 0 Å². The number of benzene rings is 2. The number of fused-ring (bicyclic) bond motifs is 1. The Hall–Kier alpha value is -3.45. The van der Waals surface area contributed by atoms with Crippen LogP contribution in [0.25, 0.3) is 0 Å². The van der Waals surface area contributed by atoms with E-state index in [2.05, 4.69) is 10.6 Å². The second-order valence-electron chi connectivity index (χ2n) is 5.85. The minimum absolute atomic E-state index is 0.0308. The van der Waals surface area contributed by atoms with Gasteiger partial charge in [-0.2, -0.15) is 0 Å². The monoisotopic (exact) mass is 378 g/mol. The van der Waals surface area contributed by atoms with Crippen molar-refractivity contribution in [3.05, 3.63) is 76.0 Å². The summed E-state index contributed by atoms with van der Waals surface area (Å²) >= 11 is 1.33. The Labute approximate surface area is 158 Å². The van der Waals surface area contributed by atoms with Crippen molar-refractivity contribution in [3.63, 3.8) is 0 Å². The molecular weight excluding hydrogens is 364 g/mol. The molecule has 2 aromatic carbocycles. The Kier molecular flexibility index (Phi) is 4.43. The van der Waals surface area contributed by atoms with Crippen LogP contribution in [-0.4, -0.2) is 24.2 Å². The van der Waals surface area contributed by atoms with Crippen LogP contribution in [0, 0.1) is 0 Å². The highest BCUT2D eigenvalue weighted by Gasteiger charge is 2.20. The largest absolute Gasteiger partial charge is 0.482 e. The number of thiophene rings is 1. The van der Waals surface area contributed by atoms with Crippen molar-refractivity contribution < 1.29 is 19.1 Å². The summed E-state index contributed by atoms with van der Waals surface area (Å²) in [7, 11) is 0. The van der Waals surface area contributed by atoms with Crippen LogP contribution in [0.15, 0.2) is 60.0 Å². The number of ether oxygens (including phenoxy) is 1. The summed E-state index contributed by atoms with van der Waals surface area (Å²) in [6, 6.07) is 15.2. The number of ketones is 1. The van der Waals surface area contributed by atoms with Crippen LogP contribution in [0.1, 0.15) is 25.6 Å². The molecule has 0 aliphatic carbocycles. The number of anilines is 2. The number of carbonyl (C=O) groups is 3. The van der Waals surface area contributed by atoms with Gasteiger partial charge < -0.3 is 15.4 Å². The number of nitrogens with one attached hydrogen (secondary N) is 2. The fourth-order valence-corrected chi connectivity index (χ4v) is 3.46. The van der Waals surface area contributed by atoms with E-state index in [0.717, 1.165) is 0 Å². The molecule has 2 heterocycles. The van der Waals surface area contributed by atoms with Gasteiger partial charge >= 0.3 is 0 Å². The van der Waals surface area contributed by atoms with Crippen LogP contribution in [-0.2, 0) is 4.79 Å². The molecule has 0 atom stereocenters. The maximum atomic E-state index is 12.8. The molecular formula is C20H14N2O4S. The predicted molar refractivity (Wildman–Crippen MR) is 103 cm³/mol. The second-order valence-corrected chi connectivity index (χ2v) is 6.80. The molecule has 0 fully saturated rings. The third-order valence-corrected chi connectivity index (χ3v) is 4.90. The summed E-state index contributed by atoms with van der Waals surface area (Å²) in [5, 5.41) is 7.28. The molecule has 6 nitrogen and oxygen atoms in total. The molecule has 0 spiro atoms. The van der Waals surface area contributed by atoms with Crippen LogP contribution >= 0.6 is 11.3 Å². The summed E-state index contributed by atoms with van der Waals surface area (Å²) in [6.45, 7) is -0.0308. The summed E-state index contributed by atoms with van der Waals surface area (Å²) in [6.07, 6.45) is 0. The van der Waals surface area contributed by atoms with Crippen molar-refractivity contribution in [3.8, 4) is 5.75 Å². The van der Waals surface area contributed by atoms with E-state index in [-0.39, 0.29) is 23.9 Å². The Bertz CT molecular complexity index is 1040. The first-order valence-electron chi connectivity index (χ1n) is 8.17. The lowest BCUT2D eigenvalue weighted by Crippen LogP contribution is -2.25. The van der Waals surface area contributed by atoms with E-state index in [1.54, 1.807) is 54.6 Å². The number of amides is 2. The van der Waals surface area contributed by atoms with E-state index in [0.29, 0.717) is 27.6 Å². The molecule has 0 unspecified atom stereocenters. The minimum Gasteiger partial charge on any atom is -0.482 e. The van der Waals surface area contributed by atoms with E-state index in [9.17, 15) is 14.4 Å². The molecule has 0 saturated carbocycles. The normalized spacial score (nSPS) is 12.5. The van der Waals surface area contributed by atoms with Gasteiger partial charge in [-0.05, 0) is 35.7 Å². The van der Waals surface area contributed by atoms with Gasteiger partial charge in [0.1, 0.15) is 5.75 Å². The van der Waals surface area contributed by atoms with Crippen molar-refractivity contribution >= 4 is 40.3 Å². The van der Waals surface area contributed by atoms with Crippen molar-refractivity contribution in [2.45, 2.75) is 0 Å². The van der Waals surface area contributed by atoms with Crippen molar-refractivity contribution in [1.82, 2.24) is 0 Å². The van der Waals surface area contributed by atoms with Gasteiger partial charge in [0.25, 0.3) is 11.8 Å². The van der Waals surface area contributed by atoms with E-state index < -0.39 is 5.91 Å². The SMILES string of the molecule is O=C1COc2ccc(NC(=O)c3ccccc3C(=O)c3cccs3)cc2N1. The summed E-state index contributed by atoms with van der Waals surface area (Å²) in [5.41, 5.74) is 1.61. The molecule has 1 aliphatic heterocycles. The molecule has 7 heteroatoms. The van der Waals surface area contributed by atoms with Crippen molar-refractivity contribution in [1.29, 1.82) is 0 Å². The molecule has 1 aromatic heterocycles. The molecule has 0 bridgehead atoms. The van der Waals surface area contributed by atoms with E-state index in [1.165, 1.54) is 11.3 Å². The topological polar surface area (TPSA) is 84.5 Å². The lowest BCUT2D eigenvalue weighted by molar-refractivity contribution is -0.118. The molecule has 1 aliphatic rings. The second kappa shape index (κ2) is 7.05. The maximum Gasteiger partial charge on any atom is 0.262 e. The first-order chi connectivity index (χ1) is 13.1. The summed E-state index contributed by atoms with van der Waals surface area (Å²) < 4.78 is 5.30. The smallest absolute Gasteiger partial charge is 0.262 e. The Balaban J connectivity index is 1.60. The molecule has 134 valence electrons. The molecule has 0 saturated heterocycles. The number of carbonyl (C=O) groups excluding carboxylic acids is 3. The zero-order valence-electron chi connectivity index (χ0n) is 14.0. The molecule has 27 heavy (non-hydrogen) atoms. The maximum absolute atomic E-state index is 12.8. The van der Waals surface area contributed by atoms with E-state index in [4.69, 9.17) is 4.74 Å². The van der Waals surface area contributed by atoms with E-state index in [1.807, 2.05) is 5.38 Å². The minimum atomic E-state index is -0.404. The average Bonchev–Trinajstić information content (AvgIpc) is 3.22. The Morgan fingerprint density at radius 1 is 1.04 bits per heavy atom. The predicted octanol–water partition coefficient (Wildman–Crippen LogP) is 3.56. The van der Waals surface area contributed by atoms with Crippen LogP contribution in [0.4, 0.5) is 11.4 Å². The summed E-state index contributed by atoms with van der Waals surface area (Å²) in [4.78, 5) is 37.5.